The number of methoxy groups -OCH3 is 1. The van der Waals surface area contributed by atoms with Crippen LogP contribution in [0.2, 0.25) is 0 Å². The summed E-state index contributed by atoms with van der Waals surface area (Å²) in [4.78, 5) is 0. The van der Waals surface area contributed by atoms with Crippen molar-refractivity contribution >= 4 is 6.08 Å². The average Bonchev–Trinajstić information content (AvgIpc) is 2.48. The number of ether oxygens (including phenoxy) is 2. The van der Waals surface area contributed by atoms with Gasteiger partial charge >= 0.3 is 0 Å². The first-order valence-corrected chi connectivity index (χ1v) is 7.13. The van der Waals surface area contributed by atoms with Crippen LogP contribution in [0.5, 0.6) is 5.75 Å². The van der Waals surface area contributed by atoms with Crippen molar-refractivity contribution in [1.29, 1.82) is 5.26 Å². The summed E-state index contributed by atoms with van der Waals surface area (Å²) in [5.41, 5.74) is 1.52. The van der Waals surface area contributed by atoms with E-state index in [4.69, 9.17) is 14.7 Å². The van der Waals surface area contributed by atoms with Gasteiger partial charge in [-0.05, 0) is 18.6 Å². The highest BCUT2D eigenvalue weighted by atomic mass is 16.5. The normalized spacial score (nSPS) is 11.2. The molecule has 1 rings (SSSR count). The van der Waals surface area contributed by atoms with Gasteiger partial charge in [-0.2, -0.15) is 5.26 Å². The van der Waals surface area contributed by atoms with Crippen LogP contribution in [0.4, 0.5) is 0 Å². The number of unbranched alkanes of at least 4 members (excludes halogenated alkanes) is 3. The second-order valence-electron chi connectivity index (χ2n) is 4.66. The van der Waals surface area contributed by atoms with E-state index in [-0.39, 0.29) is 0 Å². The molecular weight excluding hydrogens is 250 g/mol. The van der Waals surface area contributed by atoms with Crippen molar-refractivity contribution in [1.82, 2.24) is 0 Å². The van der Waals surface area contributed by atoms with Crippen molar-refractivity contribution in [2.45, 2.75) is 32.6 Å². The number of para-hydroxylation sites is 1. The van der Waals surface area contributed by atoms with E-state index >= 15 is 0 Å². The molecule has 20 heavy (non-hydrogen) atoms. The minimum Gasteiger partial charge on any atom is -0.493 e. The highest BCUT2D eigenvalue weighted by molar-refractivity contribution is 5.62. The Bertz CT molecular complexity index is 460. The van der Waals surface area contributed by atoms with Gasteiger partial charge in [-0.25, -0.2) is 0 Å². The predicted molar refractivity (Wildman–Crippen MR) is 81.5 cm³/mol. The Hall–Kier alpha value is -1.79. The summed E-state index contributed by atoms with van der Waals surface area (Å²) < 4.78 is 10.8. The highest BCUT2D eigenvalue weighted by Crippen LogP contribution is 2.21. The summed E-state index contributed by atoms with van der Waals surface area (Å²) in [7, 11) is 1.58. The number of nitrogens with zero attached hydrogens (tertiary/aromatic N) is 1. The zero-order valence-corrected chi connectivity index (χ0v) is 12.4. The van der Waals surface area contributed by atoms with E-state index in [2.05, 4.69) is 13.0 Å². The maximum atomic E-state index is 9.04. The summed E-state index contributed by atoms with van der Waals surface area (Å²) in [5.74, 6) is 0.827. The molecule has 1 aromatic carbocycles. The van der Waals surface area contributed by atoms with E-state index in [1.807, 2.05) is 30.3 Å². The molecule has 0 bridgehead atoms. The number of rotatable bonds is 9. The molecule has 0 N–H and O–H groups in total. The lowest BCUT2D eigenvalue weighted by Crippen LogP contribution is -1.99. The third-order valence-electron chi connectivity index (χ3n) is 2.95. The Labute approximate surface area is 121 Å². The summed E-state index contributed by atoms with van der Waals surface area (Å²) >= 11 is 0. The Morgan fingerprint density at radius 3 is 2.75 bits per heavy atom. The van der Waals surface area contributed by atoms with Crippen LogP contribution in [0.25, 0.3) is 6.08 Å². The van der Waals surface area contributed by atoms with Gasteiger partial charge in [0.05, 0.1) is 24.9 Å². The van der Waals surface area contributed by atoms with Crippen LogP contribution in [-0.4, -0.2) is 20.3 Å². The average molecular weight is 273 g/mol. The largest absolute Gasteiger partial charge is 0.493 e. The van der Waals surface area contributed by atoms with Crippen LogP contribution in [0, 0.1) is 11.3 Å². The van der Waals surface area contributed by atoms with Gasteiger partial charge in [-0.1, -0.05) is 44.4 Å². The first-order valence-electron chi connectivity index (χ1n) is 7.13. The molecule has 0 atom stereocenters. The van der Waals surface area contributed by atoms with Crippen molar-refractivity contribution in [3.8, 4) is 11.8 Å². The van der Waals surface area contributed by atoms with Crippen molar-refractivity contribution in [2.24, 2.45) is 0 Å². The predicted octanol–water partition coefficient (Wildman–Crippen LogP) is 4.20. The van der Waals surface area contributed by atoms with Gasteiger partial charge < -0.3 is 9.47 Å². The van der Waals surface area contributed by atoms with Gasteiger partial charge in [0.2, 0.25) is 0 Å². The molecule has 0 radical (unpaired) electrons. The molecule has 0 aliphatic heterocycles. The molecule has 0 unspecified atom stereocenters. The second kappa shape index (κ2) is 10.1. The molecule has 1 aromatic rings. The van der Waals surface area contributed by atoms with Crippen molar-refractivity contribution in [3.63, 3.8) is 0 Å². The molecule has 108 valence electrons. The first kappa shape index (κ1) is 16.3. The Balaban J connectivity index is 2.66. The van der Waals surface area contributed by atoms with Crippen LogP contribution in [-0.2, 0) is 4.74 Å². The molecule has 0 aliphatic carbocycles. The molecule has 0 aromatic heterocycles. The molecule has 0 fully saturated rings. The quantitative estimate of drug-likeness (QED) is 0.500. The van der Waals surface area contributed by atoms with Gasteiger partial charge in [0, 0.05) is 12.7 Å². The summed E-state index contributed by atoms with van der Waals surface area (Å²) in [6, 6.07) is 9.92. The minimum absolute atomic E-state index is 0.321. The Kier molecular flexibility index (Phi) is 8.17. The zero-order chi connectivity index (χ0) is 14.6. The monoisotopic (exact) mass is 273 g/mol. The van der Waals surface area contributed by atoms with E-state index in [0.29, 0.717) is 12.2 Å². The smallest absolute Gasteiger partial charge is 0.126 e. The van der Waals surface area contributed by atoms with E-state index < -0.39 is 0 Å². The van der Waals surface area contributed by atoms with Crippen molar-refractivity contribution in [2.75, 3.05) is 20.3 Å². The summed E-state index contributed by atoms with van der Waals surface area (Å²) in [6.07, 6.45) is 6.56. The van der Waals surface area contributed by atoms with Gasteiger partial charge in [-0.3, -0.25) is 0 Å². The van der Waals surface area contributed by atoms with Crippen LogP contribution in [0.3, 0.4) is 0 Å². The maximum absolute atomic E-state index is 9.04. The lowest BCUT2D eigenvalue weighted by molar-refractivity contribution is 0.229. The third kappa shape index (κ3) is 5.90. The van der Waals surface area contributed by atoms with E-state index in [9.17, 15) is 0 Å². The van der Waals surface area contributed by atoms with E-state index in [1.165, 1.54) is 19.3 Å². The Morgan fingerprint density at radius 2 is 2.05 bits per heavy atom. The molecule has 0 aliphatic rings. The van der Waals surface area contributed by atoms with Gasteiger partial charge in [0.15, 0.2) is 0 Å². The minimum atomic E-state index is 0.321. The molecule has 3 nitrogen and oxygen atoms in total. The number of hydrogen-bond acceptors (Lipinski definition) is 3. The summed E-state index contributed by atoms with van der Waals surface area (Å²) in [5, 5.41) is 9.04. The molecule has 0 spiro atoms. The molecule has 0 heterocycles. The standard InChI is InChI=1S/C17H23NO2/c1-3-4-5-8-11-20-17-10-7-6-9-16(17)12-15(13-18)14-19-2/h6-7,9-10,12H,3-5,8,11,14H2,1-2H3/b15-12-. The fourth-order valence-electron chi connectivity index (χ4n) is 1.89. The SMILES string of the molecule is CCCCCCOc1ccccc1/C=C(/C#N)COC. The van der Waals surface area contributed by atoms with Gasteiger partial charge in [0.25, 0.3) is 0 Å². The molecular formula is C17H23NO2. The van der Waals surface area contributed by atoms with Crippen molar-refractivity contribution < 1.29 is 9.47 Å². The van der Waals surface area contributed by atoms with Gasteiger partial charge in [-0.15, -0.1) is 0 Å². The number of benzene rings is 1. The number of nitriles is 1. The highest BCUT2D eigenvalue weighted by Gasteiger charge is 2.03. The molecule has 0 saturated carbocycles. The van der Waals surface area contributed by atoms with E-state index in [1.54, 1.807) is 7.11 Å². The molecule has 0 amide bonds. The Morgan fingerprint density at radius 1 is 1.25 bits per heavy atom. The molecule has 0 saturated heterocycles. The third-order valence-corrected chi connectivity index (χ3v) is 2.95. The van der Waals surface area contributed by atoms with Crippen LogP contribution in [0.15, 0.2) is 29.8 Å². The maximum Gasteiger partial charge on any atom is 0.126 e. The zero-order valence-electron chi connectivity index (χ0n) is 12.4. The fraction of sp³-hybridized carbons (Fsp3) is 0.471. The topological polar surface area (TPSA) is 42.2 Å². The second-order valence-corrected chi connectivity index (χ2v) is 4.66. The summed E-state index contributed by atoms with van der Waals surface area (Å²) in [6.45, 7) is 3.23. The van der Waals surface area contributed by atoms with Crippen molar-refractivity contribution in [3.05, 3.63) is 35.4 Å². The lowest BCUT2D eigenvalue weighted by atomic mass is 10.1. The van der Waals surface area contributed by atoms with Crippen LogP contribution >= 0.6 is 0 Å². The van der Waals surface area contributed by atoms with Crippen LogP contribution < -0.4 is 4.74 Å². The molecule has 3 heteroatoms. The van der Waals surface area contributed by atoms with Gasteiger partial charge in [0.1, 0.15) is 5.75 Å². The van der Waals surface area contributed by atoms with Crippen LogP contribution in [0.1, 0.15) is 38.2 Å². The first-order chi connectivity index (χ1) is 9.81. The number of hydrogen-bond donors (Lipinski definition) is 0. The fourth-order valence-corrected chi connectivity index (χ4v) is 1.89. The van der Waals surface area contributed by atoms with E-state index in [0.717, 1.165) is 24.3 Å². The lowest BCUT2D eigenvalue weighted by Gasteiger charge is -2.09.